The van der Waals surface area contributed by atoms with Crippen molar-refractivity contribution in [3.05, 3.63) is 76.6 Å². The second-order valence-electron chi connectivity index (χ2n) is 5.95. The highest BCUT2D eigenvalue weighted by atomic mass is 19.4. The summed E-state index contributed by atoms with van der Waals surface area (Å²) in [6.45, 7) is 1.53. The summed E-state index contributed by atoms with van der Waals surface area (Å²) in [5.74, 6) is 2.15. The number of nitrogens with zero attached hydrogens (tertiary/aromatic N) is 1. The van der Waals surface area contributed by atoms with Gasteiger partial charge in [-0.15, -0.1) is 0 Å². The van der Waals surface area contributed by atoms with Crippen molar-refractivity contribution in [2.75, 3.05) is 7.05 Å². The molecular weight excluding hydrogens is 400 g/mol. The van der Waals surface area contributed by atoms with Crippen molar-refractivity contribution in [1.29, 1.82) is 0 Å². The van der Waals surface area contributed by atoms with Gasteiger partial charge in [0.05, 0.1) is 12.1 Å². The van der Waals surface area contributed by atoms with Gasteiger partial charge in [-0.25, -0.2) is 19.0 Å². The Bertz CT molecular complexity index is 874. The molecule has 0 aromatic heterocycles. The number of carbonyl (C=O) groups is 1. The Balaban J connectivity index is 0.000000387. The fourth-order valence-electron chi connectivity index (χ4n) is 2.14. The van der Waals surface area contributed by atoms with Crippen LogP contribution in [0, 0.1) is 24.4 Å². The molecule has 10 heteroatoms. The smallest absolute Gasteiger partial charge is 0.366 e. The SMILES string of the molecule is CN(N)/C(=C\CC(F)(F)F)c1ccc(C(N)=O)cc1F.Cc1cccc(F)c1F. The van der Waals surface area contributed by atoms with E-state index in [0.29, 0.717) is 5.56 Å². The molecule has 2 rings (SSSR count). The lowest BCUT2D eigenvalue weighted by Gasteiger charge is -2.18. The molecule has 2 aromatic rings. The lowest BCUT2D eigenvalue weighted by Crippen LogP contribution is -2.25. The Morgan fingerprint density at radius 2 is 1.72 bits per heavy atom. The summed E-state index contributed by atoms with van der Waals surface area (Å²) in [6.07, 6.45) is -4.91. The van der Waals surface area contributed by atoms with E-state index in [1.807, 2.05) is 0 Å². The molecule has 4 nitrogen and oxygen atoms in total. The Morgan fingerprint density at radius 1 is 1.10 bits per heavy atom. The monoisotopic (exact) mass is 419 g/mol. The summed E-state index contributed by atoms with van der Waals surface area (Å²) in [7, 11) is 1.28. The van der Waals surface area contributed by atoms with E-state index in [1.54, 1.807) is 0 Å². The molecule has 1 amide bonds. The van der Waals surface area contributed by atoms with Crippen LogP contribution in [0.3, 0.4) is 0 Å². The molecule has 0 saturated carbocycles. The number of hydrogen-bond acceptors (Lipinski definition) is 3. The van der Waals surface area contributed by atoms with E-state index in [0.717, 1.165) is 29.3 Å². The first-order valence-corrected chi connectivity index (χ1v) is 8.09. The van der Waals surface area contributed by atoms with E-state index in [1.165, 1.54) is 32.2 Å². The number of hydrogen-bond donors (Lipinski definition) is 2. The van der Waals surface area contributed by atoms with Crippen molar-refractivity contribution < 1.29 is 31.1 Å². The number of halogens is 6. The highest BCUT2D eigenvalue weighted by Crippen LogP contribution is 2.26. The second kappa shape index (κ2) is 9.97. The van der Waals surface area contributed by atoms with Gasteiger partial charge in [0.2, 0.25) is 5.91 Å². The van der Waals surface area contributed by atoms with Crippen LogP contribution in [0.2, 0.25) is 0 Å². The van der Waals surface area contributed by atoms with Crippen LogP contribution in [0.4, 0.5) is 26.3 Å². The second-order valence-corrected chi connectivity index (χ2v) is 5.95. The van der Waals surface area contributed by atoms with Gasteiger partial charge in [-0.05, 0) is 36.8 Å². The van der Waals surface area contributed by atoms with Crippen molar-refractivity contribution in [1.82, 2.24) is 5.01 Å². The van der Waals surface area contributed by atoms with E-state index in [2.05, 4.69) is 0 Å². The molecular formula is C19H19F6N3O. The first-order valence-electron chi connectivity index (χ1n) is 8.09. The number of allylic oxidation sites excluding steroid dienone is 1. The molecule has 29 heavy (non-hydrogen) atoms. The minimum Gasteiger partial charge on any atom is -0.366 e. The summed E-state index contributed by atoms with van der Waals surface area (Å²) in [6, 6.07) is 7.32. The van der Waals surface area contributed by atoms with Crippen molar-refractivity contribution in [2.45, 2.75) is 19.5 Å². The van der Waals surface area contributed by atoms with Crippen LogP contribution in [0.25, 0.3) is 5.70 Å². The van der Waals surface area contributed by atoms with E-state index in [-0.39, 0.29) is 16.8 Å². The molecule has 0 atom stereocenters. The molecule has 0 bridgehead atoms. The van der Waals surface area contributed by atoms with Gasteiger partial charge < -0.3 is 10.7 Å². The highest BCUT2D eigenvalue weighted by molar-refractivity contribution is 5.93. The molecule has 158 valence electrons. The van der Waals surface area contributed by atoms with Crippen LogP contribution >= 0.6 is 0 Å². The number of benzene rings is 2. The maximum Gasteiger partial charge on any atom is 0.392 e. The third kappa shape index (κ3) is 7.49. The van der Waals surface area contributed by atoms with Crippen molar-refractivity contribution in [3.63, 3.8) is 0 Å². The summed E-state index contributed by atoms with van der Waals surface area (Å²) in [5.41, 5.74) is 4.95. The number of amides is 1. The van der Waals surface area contributed by atoms with Gasteiger partial charge in [0.15, 0.2) is 11.6 Å². The van der Waals surface area contributed by atoms with Crippen molar-refractivity contribution >= 4 is 11.6 Å². The minimum absolute atomic E-state index is 0.0823. The van der Waals surface area contributed by atoms with E-state index >= 15 is 0 Å². The topological polar surface area (TPSA) is 72.3 Å². The number of aryl methyl sites for hydroxylation is 1. The Hall–Kier alpha value is -3.01. The van der Waals surface area contributed by atoms with E-state index in [9.17, 15) is 31.1 Å². The number of primary amides is 1. The highest BCUT2D eigenvalue weighted by Gasteiger charge is 2.26. The van der Waals surface area contributed by atoms with Crippen molar-refractivity contribution in [2.24, 2.45) is 11.6 Å². The lowest BCUT2D eigenvalue weighted by molar-refractivity contribution is -0.125. The zero-order valence-electron chi connectivity index (χ0n) is 15.5. The number of nitrogens with two attached hydrogens (primary N) is 2. The van der Waals surface area contributed by atoms with Gasteiger partial charge in [-0.3, -0.25) is 4.79 Å². The molecule has 0 radical (unpaired) electrons. The first-order chi connectivity index (χ1) is 13.3. The Morgan fingerprint density at radius 3 is 2.14 bits per heavy atom. The van der Waals surface area contributed by atoms with Crippen LogP contribution in [0.5, 0.6) is 0 Å². The van der Waals surface area contributed by atoms with E-state index < -0.39 is 36.0 Å². The third-order valence-electron chi connectivity index (χ3n) is 3.58. The van der Waals surface area contributed by atoms with Gasteiger partial charge in [-0.2, -0.15) is 13.2 Å². The van der Waals surface area contributed by atoms with Crippen LogP contribution in [0.15, 0.2) is 42.5 Å². The molecule has 4 N–H and O–H groups in total. The third-order valence-corrected chi connectivity index (χ3v) is 3.58. The van der Waals surface area contributed by atoms with Gasteiger partial charge in [-0.1, -0.05) is 18.2 Å². The average Bonchev–Trinajstić information content (AvgIpc) is 2.60. The van der Waals surface area contributed by atoms with Crippen molar-refractivity contribution in [3.8, 4) is 0 Å². The quantitative estimate of drug-likeness (QED) is 0.441. The standard InChI is InChI=1S/C12H13F4N3O.C7H6F2/c1-19(18)10(4-5-12(14,15)16)8-3-2-7(11(17)20)6-9(8)13;1-5-3-2-4-6(8)7(5)9/h2-4,6H,5,18H2,1H3,(H2,17,20);2-4H,1H3/b10-4-;. The average molecular weight is 419 g/mol. The van der Waals surface area contributed by atoms with Gasteiger partial charge >= 0.3 is 6.18 Å². The number of alkyl halides is 3. The molecule has 0 fully saturated rings. The molecule has 0 heterocycles. The summed E-state index contributed by atoms with van der Waals surface area (Å²) in [5, 5.41) is 0.869. The molecule has 0 aliphatic carbocycles. The fourth-order valence-corrected chi connectivity index (χ4v) is 2.14. The zero-order chi connectivity index (χ0) is 22.4. The van der Waals surface area contributed by atoms with Crippen LogP contribution in [0.1, 0.15) is 27.9 Å². The molecule has 0 aliphatic rings. The van der Waals surface area contributed by atoms with Crippen LogP contribution < -0.4 is 11.6 Å². The summed E-state index contributed by atoms with van der Waals surface area (Å²) >= 11 is 0. The van der Waals surface area contributed by atoms with Crippen LogP contribution in [-0.2, 0) is 0 Å². The molecule has 0 aliphatic heterocycles. The van der Waals surface area contributed by atoms with Gasteiger partial charge in [0.1, 0.15) is 5.82 Å². The minimum atomic E-state index is -4.43. The molecule has 2 aromatic carbocycles. The normalized spacial score (nSPS) is 11.6. The van der Waals surface area contributed by atoms with E-state index in [4.69, 9.17) is 11.6 Å². The first kappa shape index (κ1) is 24.0. The maximum atomic E-state index is 13.8. The summed E-state index contributed by atoms with van der Waals surface area (Å²) < 4.78 is 75.0. The largest absolute Gasteiger partial charge is 0.392 e. The number of rotatable bonds is 4. The van der Waals surface area contributed by atoms with Gasteiger partial charge in [0, 0.05) is 18.2 Å². The van der Waals surface area contributed by atoms with Crippen LogP contribution in [-0.4, -0.2) is 24.1 Å². The predicted molar refractivity (Wildman–Crippen MR) is 96.6 cm³/mol. The molecule has 0 unspecified atom stereocenters. The molecule has 0 spiro atoms. The number of hydrazine groups is 1. The molecule has 0 saturated heterocycles. The van der Waals surface area contributed by atoms with Gasteiger partial charge in [0.25, 0.3) is 0 Å². The number of carbonyl (C=O) groups excluding carboxylic acids is 1. The predicted octanol–water partition coefficient (Wildman–Crippen LogP) is 4.30. The summed E-state index contributed by atoms with van der Waals surface area (Å²) in [4.78, 5) is 10.9. The fraction of sp³-hybridized carbons (Fsp3) is 0.211. The maximum absolute atomic E-state index is 13.8. The zero-order valence-corrected chi connectivity index (χ0v) is 15.5. The lowest BCUT2D eigenvalue weighted by atomic mass is 10.1. The Kier molecular flexibility index (Phi) is 8.26. The Labute approximate surface area is 163 Å².